The summed E-state index contributed by atoms with van der Waals surface area (Å²) in [6.07, 6.45) is 0. The minimum absolute atomic E-state index is 0.157. The first-order valence-electron chi connectivity index (χ1n) is 7.38. The van der Waals surface area contributed by atoms with Crippen LogP contribution in [0, 0.1) is 0 Å². The maximum atomic E-state index is 12.9. The Morgan fingerprint density at radius 1 is 1.04 bits per heavy atom. The van der Waals surface area contributed by atoms with E-state index >= 15 is 0 Å². The number of carbonyl (C=O) groups excluding carboxylic acids is 3. The number of nitrogens with zero attached hydrogens (tertiary/aromatic N) is 2. The van der Waals surface area contributed by atoms with Crippen molar-refractivity contribution in [3.8, 4) is 5.75 Å². The molecule has 3 amide bonds. The molecule has 2 aromatic rings. The summed E-state index contributed by atoms with van der Waals surface area (Å²) in [5, 5.41) is 0. The molecule has 122 valence electrons. The van der Waals surface area contributed by atoms with Crippen molar-refractivity contribution < 1.29 is 19.1 Å². The highest BCUT2D eigenvalue weighted by Gasteiger charge is 2.33. The summed E-state index contributed by atoms with van der Waals surface area (Å²) in [6, 6.07) is 13.1. The Balaban J connectivity index is 2.07. The molecule has 0 aromatic heterocycles. The number of carbonyl (C=O) groups is 3. The van der Waals surface area contributed by atoms with Crippen LogP contribution in [0.1, 0.15) is 20.7 Å². The van der Waals surface area contributed by atoms with Gasteiger partial charge in [0.2, 0.25) is 0 Å². The van der Waals surface area contributed by atoms with Crippen LogP contribution in [0.25, 0.3) is 0 Å². The number of hydrogen-bond donors (Lipinski definition) is 0. The van der Waals surface area contributed by atoms with E-state index < -0.39 is 11.8 Å². The van der Waals surface area contributed by atoms with Crippen molar-refractivity contribution in [2.45, 2.75) is 0 Å². The molecule has 1 aliphatic heterocycles. The fraction of sp³-hybridized carbons (Fsp3) is 0.167. The van der Waals surface area contributed by atoms with Gasteiger partial charge in [-0.2, -0.15) is 0 Å². The van der Waals surface area contributed by atoms with E-state index in [2.05, 4.69) is 0 Å². The molecule has 0 N–H and O–H groups in total. The topological polar surface area (TPSA) is 66.9 Å². The summed E-state index contributed by atoms with van der Waals surface area (Å²) in [7, 11) is 3.07. The largest absolute Gasteiger partial charge is 0.497 e. The van der Waals surface area contributed by atoms with Crippen molar-refractivity contribution >= 4 is 23.4 Å². The number of para-hydroxylation sites is 1. The number of imide groups is 1. The second-order valence-electron chi connectivity index (χ2n) is 5.44. The van der Waals surface area contributed by atoms with Gasteiger partial charge < -0.3 is 9.64 Å². The highest BCUT2D eigenvalue weighted by Crippen LogP contribution is 2.27. The van der Waals surface area contributed by atoms with Crippen LogP contribution in [0.2, 0.25) is 0 Å². The van der Waals surface area contributed by atoms with Crippen molar-refractivity contribution in [3.63, 3.8) is 0 Å². The maximum Gasteiger partial charge on any atom is 0.265 e. The van der Waals surface area contributed by atoms with Gasteiger partial charge in [0.1, 0.15) is 12.3 Å². The average Bonchev–Trinajstić information content (AvgIpc) is 2.70. The SMILES string of the molecule is COc1ccc(C(=O)N2C(=O)CN(C)C(=O)c3ccccc32)cc1. The first-order valence-corrected chi connectivity index (χ1v) is 7.38. The van der Waals surface area contributed by atoms with Gasteiger partial charge in [0.15, 0.2) is 0 Å². The third-order valence-corrected chi connectivity index (χ3v) is 3.88. The fourth-order valence-corrected chi connectivity index (χ4v) is 2.62. The molecule has 1 heterocycles. The summed E-state index contributed by atoms with van der Waals surface area (Å²) >= 11 is 0. The molecule has 6 heteroatoms. The van der Waals surface area contributed by atoms with Gasteiger partial charge in [-0.25, -0.2) is 4.90 Å². The normalized spacial score (nSPS) is 14.2. The Labute approximate surface area is 139 Å². The van der Waals surface area contributed by atoms with Crippen LogP contribution < -0.4 is 9.64 Å². The van der Waals surface area contributed by atoms with E-state index in [4.69, 9.17) is 4.74 Å². The van der Waals surface area contributed by atoms with Crippen molar-refractivity contribution in [3.05, 3.63) is 59.7 Å². The van der Waals surface area contributed by atoms with E-state index in [1.54, 1.807) is 55.6 Å². The second-order valence-corrected chi connectivity index (χ2v) is 5.44. The fourth-order valence-electron chi connectivity index (χ4n) is 2.62. The van der Waals surface area contributed by atoms with Crippen molar-refractivity contribution in [1.82, 2.24) is 4.90 Å². The lowest BCUT2D eigenvalue weighted by atomic mass is 10.1. The van der Waals surface area contributed by atoms with E-state index in [1.807, 2.05) is 0 Å². The number of likely N-dealkylation sites (N-methyl/N-ethyl adjacent to an activating group) is 1. The summed E-state index contributed by atoms with van der Waals surface area (Å²) in [5.41, 5.74) is 0.973. The van der Waals surface area contributed by atoms with Crippen molar-refractivity contribution in [2.24, 2.45) is 0 Å². The van der Waals surface area contributed by atoms with Gasteiger partial charge in [0.25, 0.3) is 17.7 Å². The molecule has 1 aliphatic rings. The quantitative estimate of drug-likeness (QED) is 0.792. The van der Waals surface area contributed by atoms with Gasteiger partial charge in [-0.3, -0.25) is 14.4 Å². The number of methoxy groups -OCH3 is 1. The molecular weight excluding hydrogens is 308 g/mol. The maximum absolute atomic E-state index is 12.9. The van der Waals surface area contributed by atoms with Crippen LogP contribution >= 0.6 is 0 Å². The zero-order chi connectivity index (χ0) is 17.3. The van der Waals surface area contributed by atoms with E-state index in [0.717, 1.165) is 4.90 Å². The van der Waals surface area contributed by atoms with Crippen molar-refractivity contribution in [1.29, 1.82) is 0 Å². The number of rotatable bonds is 2. The Bertz CT molecular complexity index is 814. The van der Waals surface area contributed by atoms with Gasteiger partial charge in [0.05, 0.1) is 18.4 Å². The molecule has 24 heavy (non-hydrogen) atoms. The zero-order valence-electron chi connectivity index (χ0n) is 13.4. The molecule has 2 aromatic carbocycles. The predicted octanol–water partition coefficient (Wildman–Crippen LogP) is 1.95. The standard InChI is InChI=1S/C18H16N2O4/c1-19-11-16(21)20(15-6-4-3-5-14(15)18(19)23)17(22)12-7-9-13(24-2)10-8-12/h3-10H,11H2,1-2H3. The average molecular weight is 324 g/mol. The number of anilines is 1. The van der Waals surface area contributed by atoms with Gasteiger partial charge in [-0.1, -0.05) is 12.1 Å². The number of benzene rings is 2. The molecular formula is C18H16N2O4. The third kappa shape index (κ3) is 2.62. The van der Waals surface area contributed by atoms with E-state index in [-0.39, 0.29) is 12.5 Å². The minimum atomic E-state index is -0.474. The smallest absolute Gasteiger partial charge is 0.265 e. The Morgan fingerprint density at radius 2 is 1.71 bits per heavy atom. The van der Waals surface area contributed by atoms with E-state index in [9.17, 15) is 14.4 Å². The van der Waals surface area contributed by atoms with Gasteiger partial charge in [0, 0.05) is 12.6 Å². The molecule has 0 spiro atoms. The summed E-state index contributed by atoms with van der Waals surface area (Å²) < 4.78 is 5.08. The highest BCUT2D eigenvalue weighted by atomic mass is 16.5. The molecule has 3 rings (SSSR count). The molecule has 0 aliphatic carbocycles. The molecule has 0 saturated carbocycles. The minimum Gasteiger partial charge on any atom is -0.497 e. The Morgan fingerprint density at radius 3 is 2.38 bits per heavy atom. The van der Waals surface area contributed by atoms with Crippen LogP contribution in [0.15, 0.2) is 48.5 Å². The van der Waals surface area contributed by atoms with Crippen LogP contribution in [0.5, 0.6) is 5.75 Å². The Hall–Kier alpha value is -3.15. The molecule has 0 atom stereocenters. The number of hydrogen-bond acceptors (Lipinski definition) is 4. The number of amides is 3. The number of ether oxygens (including phenoxy) is 1. The lowest BCUT2D eigenvalue weighted by molar-refractivity contribution is -0.118. The predicted molar refractivity (Wildman–Crippen MR) is 88.2 cm³/mol. The molecule has 0 unspecified atom stereocenters. The number of fused-ring (bicyclic) bond motifs is 1. The monoisotopic (exact) mass is 324 g/mol. The molecule has 0 radical (unpaired) electrons. The lowest BCUT2D eigenvalue weighted by Gasteiger charge is -2.20. The van der Waals surface area contributed by atoms with Crippen LogP contribution in [-0.4, -0.2) is 43.3 Å². The van der Waals surface area contributed by atoms with Crippen LogP contribution in [-0.2, 0) is 4.79 Å². The molecule has 0 bridgehead atoms. The summed E-state index contributed by atoms with van der Waals surface area (Å²) in [4.78, 5) is 40.2. The summed E-state index contributed by atoms with van der Waals surface area (Å²) in [5.74, 6) is -0.595. The van der Waals surface area contributed by atoms with Gasteiger partial charge >= 0.3 is 0 Å². The Kier molecular flexibility index (Phi) is 4.04. The van der Waals surface area contributed by atoms with Crippen LogP contribution in [0.3, 0.4) is 0 Å². The zero-order valence-corrected chi connectivity index (χ0v) is 13.4. The second kappa shape index (κ2) is 6.16. The molecule has 6 nitrogen and oxygen atoms in total. The molecule has 0 fully saturated rings. The van der Waals surface area contributed by atoms with E-state index in [0.29, 0.717) is 22.6 Å². The molecule has 0 saturated heterocycles. The lowest BCUT2D eigenvalue weighted by Crippen LogP contribution is -2.41. The van der Waals surface area contributed by atoms with Crippen LogP contribution in [0.4, 0.5) is 5.69 Å². The first-order chi connectivity index (χ1) is 11.5. The third-order valence-electron chi connectivity index (χ3n) is 3.88. The van der Waals surface area contributed by atoms with Crippen molar-refractivity contribution in [2.75, 3.05) is 25.6 Å². The first kappa shape index (κ1) is 15.7. The van der Waals surface area contributed by atoms with Gasteiger partial charge in [-0.15, -0.1) is 0 Å². The van der Waals surface area contributed by atoms with E-state index in [1.165, 1.54) is 12.0 Å². The highest BCUT2D eigenvalue weighted by molar-refractivity contribution is 6.25. The van der Waals surface area contributed by atoms with Gasteiger partial charge in [-0.05, 0) is 36.4 Å². The summed E-state index contributed by atoms with van der Waals surface area (Å²) in [6.45, 7) is -0.157.